The number of nitrogens with one attached hydrogen (secondary N) is 1. The van der Waals surface area contributed by atoms with Crippen LogP contribution in [0.1, 0.15) is 34.1 Å². The van der Waals surface area contributed by atoms with Gasteiger partial charge in [-0.15, -0.1) is 0 Å². The van der Waals surface area contributed by atoms with Crippen molar-refractivity contribution < 1.29 is 5.11 Å². The summed E-state index contributed by atoms with van der Waals surface area (Å²) in [6, 6.07) is 0. The third-order valence-corrected chi connectivity index (χ3v) is 5.43. The summed E-state index contributed by atoms with van der Waals surface area (Å²) < 4.78 is 0. The molecule has 2 aliphatic carbocycles. The van der Waals surface area contributed by atoms with Crippen LogP contribution in [-0.4, -0.2) is 33.2 Å². The molecular weight excluding hydrogens is 246 g/mol. The number of fused-ring (bicyclic) bond motifs is 3. The highest BCUT2D eigenvalue weighted by Crippen LogP contribution is 2.73. The molecule has 2 saturated carbocycles. The Kier molecular flexibility index (Phi) is 2.37. The summed E-state index contributed by atoms with van der Waals surface area (Å²) in [6.45, 7) is 9.35. The zero-order chi connectivity index (χ0) is 13.3. The van der Waals surface area contributed by atoms with Gasteiger partial charge in [0, 0.05) is 18.7 Å². The van der Waals surface area contributed by atoms with Crippen LogP contribution in [0.4, 0.5) is 0 Å². The van der Waals surface area contributed by atoms with E-state index in [0.29, 0.717) is 22.4 Å². The van der Waals surface area contributed by atoms with E-state index in [4.69, 9.17) is 12.2 Å². The molecule has 4 unspecified atom stereocenters. The van der Waals surface area contributed by atoms with Crippen LogP contribution >= 0.6 is 12.2 Å². The van der Waals surface area contributed by atoms with E-state index in [1.165, 1.54) is 0 Å². The van der Waals surface area contributed by atoms with Crippen LogP contribution in [0.3, 0.4) is 0 Å². The first-order valence-corrected chi connectivity index (χ1v) is 7.10. The molecular formula is C13H21N3OS. The second kappa shape index (κ2) is 3.45. The lowest BCUT2D eigenvalue weighted by Gasteiger charge is -2.36. The Balaban J connectivity index is 1.89. The minimum atomic E-state index is -0.881. The van der Waals surface area contributed by atoms with Crippen LogP contribution in [0, 0.1) is 23.2 Å². The summed E-state index contributed by atoms with van der Waals surface area (Å²) in [4.78, 5) is 0. The van der Waals surface area contributed by atoms with Crippen molar-refractivity contribution in [2.45, 2.75) is 39.8 Å². The van der Waals surface area contributed by atoms with Gasteiger partial charge in [0.15, 0.2) is 10.8 Å². The molecule has 0 saturated heterocycles. The molecule has 0 spiro atoms. The van der Waals surface area contributed by atoms with Crippen molar-refractivity contribution in [1.29, 1.82) is 0 Å². The molecule has 0 aromatic carbocycles. The summed E-state index contributed by atoms with van der Waals surface area (Å²) in [5.41, 5.74) is 0.494. The summed E-state index contributed by atoms with van der Waals surface area (Å²) in [5.74, 6) is 1.31. The minimum absolute atomic E-state index is 0.147. The minimum Gasteiger partial charge on any atom is -0.368 e. The first-order chi connectivity index (χ1) is 8.34. The van der Waals surface area contributed by atoms with Crippen molar-refractivity contribution in [1.82, 2.24) is 10.3 Å². The first kappa shape index (κ1) is 12.4. The molecule has 3 rings (SSSR count). The molecule has 3 aliphatic rings. The lowest BCUT2D eigenvalue weighted by atomic mass is 9.84. The molecule has 0 amide bonds. The Morgan fingerprint density at radius 2 is 2.28 bits per heavy atom. The van der Waals surface area contributed by atoms with Gasteiger partial charge in [0.25, 0.3) is 0 Å². The largest absolute Gasteiger partial charge is 0.368 e. The molecule has 4 nitrogen and oxygen atoms in total. The standard InChI is InChI=1S/C13H21N3OS/c1-5-14-11(18)16-13(17)6-8-10(12(8,3)4)9(13)7(2)15-16/h8-10,17H,5-6H2,1-4H3,(H,14,18). The lowest BCUT2D eigenvalue weighted by Crippen LogP contribution is -2.53. The summed E-state index contributed by atoms with van der Waals surface area (Å²) in [5, 5.41) is 20.8. The Hall–Kier alpha value is -0.680. The van der Waals surface area contributed by atoms with Crippen molar-refractivity contribution in [2.75, 3.05) is 6.54 Å². The number of nitrogens with zero attached hydrogens (tertiary/aromatic N) is 2. The predicted molar refractivity (Wildman–Crippen MR) is 75.0 cm³/mol. The second-order valence-electron chi connectivity index (χ2n) is 6.40. The summed E-state index contributed by atoms with van der Waals surface area (Å²) in [7, 11) is 0. The number of hydrogen-bond acceptors (Lipinski definition) is 3. The molecule has 4 atom stereocenters. The van der Waals surface area contributed by atoms with Crippen molar-refractivity contribution >= 4 is 23.0 Å². The summed E-state index contributed by atoms with van der Waals surface area (Å²) >= 11 is 5.32. The Labute approximate surface area is 113 Å². The molecule has 100 valence electrons. The Bertz CT molecular complexity index is 448. The number of rotatable bonds is 1. The van der Waals surface area contributed by atoms with Crippen LogP contribution in [0.25, 0.3) is 0 Å². The van der Waals surface area contributed by atoms with E-state index in [9.17, 15) is 5.11 Å². The smallest absolute Gasteiger partial charge is 0.192 e. The van der Waals surface area contributed by atoms with Crippen LogP contribution in [0.2, 0.25) is 0 Å². The highest BCUT2D eigenvalue weighted by Gasteiger charge is 2.75. The number of hydrazone groups is 1. The second-order valence-corrected chi connectivity index (χ2v) is 6.79. The molecule has 0 aromatic rings. The van der Waals surface area contributed by atoms with E-state index in [2.05, 4.69) is 24.3 Å². The van der Waals surface area contributed by atoms with E-state index in [1.54, 1.807) is 5.01 Å². The van der Waals surface area contributed by atoms with Crippen LogP contribution in [0.15, 0.2) is 5.10 Å². The maximum atomic E-state index is 11.0. The van der Waals surface area contributed by atoms with Crippen molar-refractivity contribution in [3.8, 4) is 0 Å². The molecule has 2 fully saturated rings. The van der Waals surface area contributed by atoms with Gasteiger partial charge >= 0.3 is 0 Å². The molecule has 2 N–H and O–H groups in total. The van der Waals surface area contributed by atoms with E-state index < -0.39 is 5.72 Å². The van der Waals surface area contributed by atoms with Gasteiger partial charge in [0.05, 0.1) is 5.92 Å². The Morgan fingerprint density at radius 1 is 1.61 bits per heavy atom. The molecule has 18 heavy (non-hydrogen) atoms. The Morgan fingerprint density at radius 3 is 2.89 bits per heavy atom. The zero-order valence-electron chi connectivity index (χ0n) is 11.4. The normalized spacial score (nSPS) is 43.3. The molecule has 0 bridgehead atoms. The van der Waals surface area contributed by atoms with Crippen molar-refractivity contribution in [2.24, 2.45) is 28.3 Å². The van der Waals surface area contributed by atoms with E-state index in [-0.39, 0.29) is 5.92 Å². The van der Waals surface area contributed by atoms with Crippen LogP contribution < -0.4 is 5.32 Å². The molecule has 5 heteroatoms. The SMILES string of the molecule is CCNC(=S)N1N=C(C)C2C3C(CC21O)C3(C)C. The highest BCUT2D eigenvalue weighted by atomic mass is 32.1. The van der Waals surface area contributed by atoms with Gasteiger partial charge in [-0.3, -0.25) is 0 Å². The maximum absolute atomic E-state index is 11.0. The molecule has 1 aliphatic heterocycles. The van der Waals surface area contributed by atoms with Gasteiger partial charge < -0.3 is 10.4 Å². The quantitative estimate of drug-likeness (QED) is 0.708. The van der Waals surface area contributed by atoms with E-state index in [1.807, 2.05) is 13.8 Å². The summed E-state index contributed by atoms with van der Waals surface area (Å²) in [6.07, 6.45) is 0.779. The maximum Gasteiger partial charge on any atom is 0.192 e. The van der Waals surface area contributed by atoms with Gasteiger partial charge in [-0.05, 0) is 43.3 Å². The molecule has 1 heterocycles. The third kappa shape index (κ3) is 1.29. The number of thiocarbonyl (C=S) groups is 1. The van der Waals surface area contributed by atoms with Gasteiger partial charge in [0.1, 0.15) is 0 Å². The first-order valence-electron chi connectivity index (χ1n) is 6.69. The van der Waals surface area contributed by atoms with Crippen molar-refractivity contribution in [3.05, 3.63) is 0 Å². The fourth-order valence-electron chi connectivity index (χ4n) is 4.14. The monoisotopic (exact) mass is 267 g/mol. The fourth-order valence-corrected chi connectivity index (χ4v) is 4.49. The molecule has 0 aromatic heterocycles. The van der Waals surface area contributed by atoms with Crippen LogP contribution in [-0.2, 0) is 0 Å². The topological polar surface area (TPSA) is 47.9 Å². The third-order valence-electron chi connectivity index (χ3n) is 5.11. The van der Waals surface area contributed by atoms with Gasteiger partial charge in [-0.1, -0.05) is 13.8 Å². The predicted octanol–water partition coefficient (Wildman–Crippen LogP) is 1.55. The van der Waals surface area contributed by atoms with Crippen LogP contribution in [0.5, 0.6) is 0 Å². The highest BCUT2D eigenvalue weighted by molar-refractivity contribution is 7.80. The lowest BCUT2D eigenvalue weighted by molar-refractivity contribution is -0.0859. The van der Waals surface area contributed by atoms with Gasteiger partial charge in [0.2, 0.25) is 0 Å². The van der Waals surface area contributed by atoms with Gasteiger partial charge in [-0.25, -0.2) is 5.01 Å². The average molecular weight is 267 g/mol. The van der Waals surface area contributed by atoms with E-state index in [0.717, 1.165) is 18.7 Å². The van der Waals surface area contributed by atoms with Gasteiger partial charge in [-0.2, -0.15) is 5.10 Å². The number of aliphatic hydroxyl groups is 1. The fraction of sp³-hybridized carbons (Fsp3) is 0.846. The molecule has 0 radical (unpaired) electrons. The zero-order valence-corrected chi connectivity index (χ0v) is 12.2. The van der Waals surface area contributed by atoms with E-state index >= 15 is 0 Å². The van der Waals surface area contributed by atoms with Crippen molar-refractivity contribution in [3.63, 3.8) is 0 Å². The number of hydrogen-bond donors (Lipinski definition) is 2. The average Bonchev–Trinajstić information content (AvgIpc) is 2.62.